The van der Waals surface area contributed by atoms with Crippen LogP contribution in [0.15, 0.2) is 12.5 Å². The molecule has 108 valence electrons. The molecule has 1 rings (SSSR count). The lowest BCUT2D eigenvalue weighted by Gasteiger charge is -2.21. The van der Waals surface area contributed by atoms with Crippen LogP contribution < -0.4 is 4.72 Å². The summed E-state index contributed by atoms with van der Waals surface area (Å²) >= 11 is 0. The van der Waals surface area contributed by atoms with Gasteiger partial charge in [-0.1, -0.05) is 13.8 Å². The molecule has 1 aromatic rings. The Morgan fingerprint density at radius 1 is 1.53 bits per heavy atom. The van der Waals surface area contributed by atoms with Gasteiger partial charge in [-0.2, -0.15) is 17.4 Å². The zero-order valence-electron chi connectivity index (χ0n) is 10.8. The highest BCUT2D eigenvalue weighted by Gasteiger charge is 2.27. The van der Waals surface area contributed by atoms with E-state index in [2.05, 4.69) is 14.7 Å². The van der Waals surface area contributed by atoms with E-state index < -0.39 is 22.2 Å². The molecule has 0 aliphatic carbocycles. The molecular formula is C10H18N4O4S. The minimum absolute atomic E-state index is 0.00975. The summed E-state index contributed by atoms with van der Waals surface area (Å²) in [5, 5.41) is 9.08. The van der Waals surface area contributed by atoms with Crippen LogP contribution in [0.4, 0.5) is 0 Å². The molecule has 1 atom stereocenters. The highest BCUT2D eigenvalue weighted by Crippen LogP contribution is 2.04. The second kappa shape index (κ2) is 6.64. The number of carbonyl (C=O) groups is 1. The average Bonchev–Trinajstić information content (AvgIpc) is 2.81. The Morgan fingerprint density at radius 2 is 2.16 bits per heavy atom. The van der Waals surface area contributed by atoms with Crippen LogP contribution in [0.1, 0.15) is 19.5 Å². The van der Waals surface area contributed by atoms with Gasteiger partial charge < -0.3 is 10.1 Å². The minimum atomic E-state index is -3.80. The molecule has 0 aliphatic heterocycles. The molecule has 0 aliphatic rings. The lowest BCUT2D eigenvalue weighted by atomic mass is 10.2. The van der Waals surface area contributed by atoms with Gasteiger partial charge in [-0.15, -0.1) is 0 Å². The number of carboxylic acid groups (broad SMARTS) is 1. The summed E-state index contributed by atoms with van der Waals surface area (Å²) in [5.41, 5.74) is 0.551. The Hall–Kier alpha value is -1.45. The largest absolute Gasteiger partial charge is 0.480 e. The molecule has 3 N–H and O–H groups in total. The average molecular weight is 290 g/mol. The smallest absolute Gasteiger partial charge is 0.322 e. The monoisotopic (exact) mass is 290 g/mol. The van der Waals surface area contributed by atoms with Crippen LogP contribution in [-0.4, -0.2) is 52.9 Å². The Bertz CT molecular complexity index is 496. The summed E-state index contributed by atoms with van der Waals surface area (Å²) in [6.07, 6.45) is 2.88. The number of nitrogens with zero attached hydrogens (tertiary/aromatic N) is 2. The first kappa shape index (κ1) is 15.6. The molecule has 0 unspecified atom stereocenters. The number of hydrogen-bond donors (Lipinski definition) is 3. The molecule has 0 radical (unpaired) electrons. The van der Waals surface area contributed by atoms with Gasteiger partial charge in [-0.25, -0.2) is 4.98 Å². The van der Waals surface area contributed by atoms with Crippen molar-refractivity contribution in [3.8, 4) is 0 Å². The fourth-order valence-corrected chi connectivity index (χ4v) is 2.99. The molecule has 0 fully saturated rings. The topological polar surface area (TPSA) is 115 Å². The molecule has 1 aromatic heterocycles. The van der Waals surface area contributed by atoms with E-state index in [4.69, 9.17) is 5.11 Å². The van der Waals surface area contributed by atoms with E-state index in [0.29, 0.717) is 5.69 Å². The zero-order valence-corrected chi connectivity index (χ0v) is 11.6. The molecular weight excluding hydrogens is 272 g/mol. The third-order valence-electron chi connectivity index (χ3n) is 2.61. The maximum Gasteiger partial charge on any atom is 0.322 e. The molecule has 0 aromatic carbocycles. The summed E-state index contributed by atoms with van der Waals surface area (Å²) in [5.74, 6) is -1.23. The van der Waals surface area contributed by atoms with Crippen LogP contribution in [0, 0.1) is 0 Å². The fourth-order valence-electron chi connectivity index (χ4n) is 1.61. The number of aromatic amines is 1. The van der Waals surface area contributed by atoms with E-state index in [-0.39, 0.29) is 19.5 Å². The zero-order chi connectivity index (χ0) is 14.5. The quantitative estimate of drug-likeness (QED) is 0.601. The molecule has 0 amide bonds. The van der Waals surface area contributed by atoms with E-state index in [9.17, 15) is 13.2 Å². The number of imidazole rings is 1. The van der Waals surface area contributed by atoms with Crippen LogP contribution in [0.25, 0.3) is 0 Å². The predicted molar refractivity (Wildman–Crippen MR) is 68.7 cm³/mol. The van der Waals surface area contributed by atoms with Crippen molar-refractivity contribution in [2.75, 3.05) is 13.1 Å². The maximum absolute atomic E-state index is 12.0. The molecule has 0 bridgehead atoms. The highest BCUT2D eigenvalue weighted by atomic mass is 32.2. The first-order chi connectivity index (χ1) is 8.90. The van der Waals surface area contributed by atoms with Crippen LogP contribution in [0.2, 0.25) is 0 Å². The summed E-state index contributed by atoms with van der Waals surface area (Å²) in [4.78, 5) is 17.6. The van der Waals surface area contributed by atoms with Gasteiger partial charge in [-0.3, -0.25) is 4.79 Å². The minimum Gasteiger partial charge on any atom is -0.480 e. The number of nitrogens with one attached hydrogen (secondary N) is 2. The number of hydrogen-bond acceptors (Lipinski definition) is 4. The van der Waals surface area contributed by atoms with E-state index in [1.54, 1.807) is 13.8 Å². The van der Waals surface area contributed by atoms with Crippen LogP contribution in [0.5, 0.6) is 0 Å². The summed E-state index contributed by atoms with van der Waals surface area (Å²) < 4.78 is 27.3. The van der Waals surface area contributed by atoms with Gasteiger partial charge in [0.15, 0.2) is 0 Å². The van der Waals surface area contributed by atoms with Gasteiger partial charge in [0.05, 0.1) is 6.33 Å². The fraction of sp³-hybridized carbons (Fsp3) is 0.600. The number of aromatic nitrogens is 2. The van der Waals surface area contributed by atoms with Crippen LogP contribution >= 0.6 is 0 Å². The lowest BCUT2D eigenvalue weighted by Crippen LogP contribution is -2.49. The van der Waals surface area contributed by atoms with Gasteiger partial charge in [-0.05, 0) is 0 Å². The van der Waals surface area contributed by atoms with Crippen molar-refractivity contribution in [3.63, 3.8) is 0 Å². The van der Waals surface area contributed by atoms with E-state index in [1.165, 1.54) is 12.5 Å². The third-order valence-corrected chi connectivity index (χ3v) is 4.39. The van der Waals surface area contributed by atoms with Crippen molar-refractivity contribution < 1.29 is 18.3 Å². The molecule has 1 heterocycles. The molecule has 0 saturated heterocycles. The number of carboxylic acids is 1. The molecule has 0 saturated carbocycles. The van der Waals surface area contributed by atoms with Crippen molar-refractivity contribution in [2.45, 2.75) is 26.3 Å². The number of rotatable bonds is 8. The molecule has 19 heavy (non-hydrogen) atoms. The lowest BCUT2D eigenvalue weighted by molar-refractivity contribution is -0.139. The summed E-state index contributed by atoms with van der Waals surface area (Å²) in [6.45, 7) is 3.94. The Morgan fingerprint density at radius 3 is 2.58 bits per heavy atom. The van der Waals surface area contributed by atoms with Crippen molar-refractivity contribution in [1.29, 1.82) is 0 Å². The van der Waals surface area contributed by atoms with Crippen LogP contribution in [-0.2, 0) is 21.4 Å². The number of H-pyrrole nitrogens is 1. The Labute approximate surface area is 112 Å². The van der Waals surface area contributed by atoms with Gasteiger partial charge in [0.25, 0.3) is 10.2 Å². The normalized spacial score (nSPS) is 13.6. The van der Waals surface area contributed by atoms with Crippen molar-refractivity contribution in [2.24, 2.45) is 0 Å². The first-order valence-electron chi connectivity index (χ1n) is 5.88. The SMILES string of the molecule is CCN(CC)S(=O)(=O)N[C@H](Cc1cnc[nH]1)C(=O)O. The van der Waals surface area contributed by atoms with Crippen molar-refractivity contribution in [3.05, 3.63) is 18.2 Å². The summed E-state index contributed by atoms with van der Waals surface area (Å²) in [6, 6.07) is -1.23. The maximum atomic E-state index is 12.0. The predicted octanol–water partition coefficient (Wildman–Crippen LogP) is -0.418. The van der Waals surface area contributed by atoms with Gasteiger partial charge in [0.2, 0.25) is 0 Å². The summed E-state index contributed by atoms with van der Waals surface area (Å²) in [7, 11) is -3.80. The number of aliphatic carboxylic acids is 1. The van der Waals surface area contributed by atoms with Gasteiger partial charge in [0.1, 0.15) is 6.04 Å². The van der Waals surface area contributed by atoms with Crippen LogP contribution in [0.3, 0.4) is 0 Å². The van der Waals surface area contributed by atoms with E-state index in [1.807, 2.05) is 0 Å². The standard InChI is InChI=1S/C10H18N4O4S/c1-3-14(4-2)19(17,18)13-9(10(15)16)5-8-6-11-7-12-8/h6-7,9,13H,3-5H2,1-2H3,(H,11,12)(H,15,16)/t9-/m1/s1. The van der Waals surface area contributed by atoms with E-state index >= 15 is 0 Å². The molecule has 9 heteroatoms. The molecule has 0 spiro atoms. The van der Waals surface area contributed by atoms with Crippen molar-refractivity contribution in [1.82, 2.24) is 19.0 Å². The van der Waals surface area contributed by atoms with Gasteiger partial charge >= 0.3 is 5.97 Å². The van der Waals surface area contributed by atoms with E-state index in [0.717, 1.165) is 4.31 Å². The Kier molecular flexibility index (Phi) is 5.45. The second-order valence-corrected chi connectivity index (χ2v) is 5.58. The first-order valence-corrected chi connectivity index (χ1v) is 7.32. The highest BCUT2D eigenvalue weighted by molar-refractivity contribution is 7.87. The van der Waals surface area contributed by atoms with Gasteiger partial charge in [0, 0.05) is 31.4 Å². The van der Waals surface area contributed by atoms with Crippen molar-refractivity contribution >= 4 is 16.2 Å². The second-order valence-electron chi connectivity index (χ2n) is 3.88. The Balaban J connectivity index is 2.81. The molecule has 8 nitrogen and oxygen atoms in total. The third kappa shape index (κ3) is 4.30.